The average molecular weight is 262 g/mol. The van der Waals surface area contributed by atoms with E-state index in [2.05, 4.69) is 14.7 Å². The summed E-state index contributed by atoms with van der Waals surface area (Å²) in [5.74, 6) is 3.68. The maximum absolute atomic E-state index is 13.3. The van der Waals surface area contributed by atoms with E-state index in [0.29, 0.717) is 6.07 Å². The van der Waals surface area contributed by atoms with Gasteiger partial charge in [0.25, 0.3) is 0 Å². The van der Waals surface area contributed by atoms with E-state index >= 15 is 0 Å². The Labute approximate surface area is 97.6 Å². The quantitative estimate of drug-likeness (QED) is 0.492. The summed E-state index contributed by atoms with van der Waals surface area (Å²) in [6, 6.07) is 1.59. The molecule has 0 bridgehead atoms. The predicted octanol–water partition coefficient (Wildman–Crippen LogP) is 2.18. The minimum Gasteiger partial charge on any atom is -0.356 e. The Bertz CT molecular complexity index is 566. The Hall–Kier alpha value is -2.16. The zero-order valence-electron chi connectivity index (χ0n) is 8.62. The summed E-state index contributed by atoms with van der Waals surface area (Å²) in [6.45, 7) is 0. The second kappa shape index (κ2) is 4.26. The lowest BCUT2D eigenvalue weighted by Gasteiger charge is -2.01. The SMILES string of the molecule is NNc1ncc(-c2cc(C(F)(F)F)no2)cc1F. The maximum Gasteiger partial charge on any atom is 0.436 e. The molecule has 0 aliphatic heterocycles. The number of hydrazine groups is 1. The molecule has 0 aliphatic rings. The van der Waals surface area contributed by atoms with Crippen LogP contribution in [-0.4, -0.2) is 10.1 Å². The molecule has 0 saturated carbocycles. The van der Waals surface area contributed by atoms with Gasteiger partial charge in [0.05, 0.1) is 0 Å². The van der Waals surface area contributed by atoms with Gasteiger partial charge in [0.1, 0.15) is 0 Å². The van der Waals surface area contributed by atoms with E-state index in [1.165, 1.54) is 0 Å². The number of nitrogens with one attached hydrogen (secondary N) is 1. The molecule has 0 atom stereocenters. The molecule has 2 aromatic heterocycles. The van der Waals surface area contributed by atoms with E-state index in [0.717, 1.165) is 12.3 Å². The van der Waals surface area contributed by atoms with Gasteiger partial charge < -0.3 is 9.95 Å². The van der Waals surface area contributed by atoms with Crippen LogP contribution in [0.3, 0.4) is 0 Å². The summed E-state index contributed by atoms with van der Waals surface area (Å²) in [7, 11) is 0. The standard InChI is InChI=1S/C9H6F4N4O/c10-5-1-4(3-15-8(5)16-14)6-2-7(17-18-6)9(11,12)13/h1-3H,14H2,(H,15,16). The number of hydrogen-bond acceptors (Lipinski definition) is 5. The van der Waals surface area contributed by atoms with Gasteiger partial charge in [-0.2, -0.15) is 13.2 Å². The maximum atomic E-state index is 13.3. The number of halogens is 4. The molecule has 2 rings (SSSR count). The van der Waals surface area contributed by atoms with Crippen molar-refractivity contribution in [1.82, 2.24) is 10.1 Å². The van der Waals surface area contributed by atoms with Gasteiger partial charge in [-0.1, -0.05) is 5.16 Å². The minimum atomic E-state index is -4.62. The molecule has 0 aliphatic carbocycles. The molecule has 0 saturated heterocycles. The summed E-state index contributed by atoms with van der Waals surface area (Å²) in [6.07, 6.45) is -3.51. The van der Waals surface area contributed by atoms with E-state index < -0.39 is 17.7 Å². The molecule has 0 amide bonds. The lowest BCUT2D eigenvalue weighted by atomic mass is 10.2. The Morgan fingerprint density at radius 3 is 2.50 bits per heavy atom. The third-order valence-corrected chi connectivity index (χ3v) is 2.06. The molecule has 5 nitrogen and oxygen atoms in total. The highest BCUT2D eigenvalue weighted by Gasteiger charge is 2.35. The fourth-order valence-corrected chi connectivity index (χ4v) is 1.22. The number of anilines is 1. The van der Waals surface area contributed by atoms with Gasteiger partial charge in [-0.3, -0.25) is 0 Å². The van der Waals surface area contributed by atoms with Crippen LogP contribution in [0.4, 0.5) is 23.4 Å². The molecule has 3 N–H and O–H groups in total. The smallest absolute Gasteiger partial charge is 0.356 e. The van der Waals surface area contributed by atoms with Gasteiger partial charge in [-0.05, 0) is 6.07 Å². The van der Waals surface area contributed by atoms with Crippen molar-refractivity contribution < 1.29 is 22.1 Å². The van der Waals surface area contributed by atoms with E-state index in [4.69, 9.17) is 5.84 Å². The molecule has 9 heteroatoms. The zero-order chi connectivity index (χ0) is 13.3. The number of alkyl halides is 3. The zero-order valence-corrected chi connectivity index (χ0v) is 8.62. The molecule has 0 radical (unpaired) electrons. The van der Waals surface area contributed by atoms with Crippen LogP contribution in [0.1, 0.15) is 5.69 Å². The first-order chi connectivity index (χ1) is 8.41. The topological polar surface area (TPSA) is 77.0 Å². The number of nitrogen functional groups attached to an aromatic ring is 1. The van der Waals surface area contributed by atoms with Crippen molar-refractivity contribution in [3.63, 3.8) is 0 Å². The van der Waals surface area contributed by atoms with Crippen molar-refractivity contribution in [3.05, 3.63) is 29.8 Å². The molecule has 0 fully saturated rings. The van der Waals surface area contributed by atoms with Gasteiger partial charge in [0.15, 0.2) is 23.1 Å². The van der Waals surface area contributed by atoms with E-state index in [-0.39, 0.29) is 17.1 Å². The van der Waals surface area contributed by atoms with Crippen LogP contribution in [0.15, 0.2) is 22.9 Å². The highest BCUT2D eigenvalue weighted by molar-refractivity contribution is 5.58. The summed E-state index contributed by atoms with van der Waals surface area (Å²) in [5, 5.41) is 2.85. The first kappa shape index (κ1) is 12.3. The number of nitrogens with two attached hydrogens (primary N) is 1. The van der Waals surface area contributed by atoms with Crippen molar-refractivity contribution in [1.29, 1.82) is 0 Å². The summed E-state index contributed by atoms with van der Waals surface area (Å²) in [5.41, 5.74) is 0.818. The lowest BCUT2D eigenvalue weighted by Crippen LogP contribution is -2.10. The van der Waals surface area contributed by atoms with Crippen molar-refractivity contribution in [2.45, 2.75) is 6.18 Å². The van der Waals surface area contributed by atoms with Gasteiger partial charge in [-0.15, -0.1) is 0 Å². The average Bonchev–Trinajstić information content (AvgIpc) is 2.77. The molecular formula is C9H6F4N4O. The Balaban J connectivity index is 2.38. The van der Waals surface area contributed by atoms with E-state index in [1.807, 2.05) is 5.43 Å². The van der Waals surface area contributed by atoms with Crippen molar-refractivity contribution >= 4 is 5.82 Å². The van der Waals surface area contributed by atoms with Crippen LogP contribution in [0.25, 0.3) is 11.3 Å². The molecule has 18 heavy (non-hydrogen) atoms. The highest BCUT2D eigenvalue weighted by Crippen LogP contribution is 2.31. The summed E-state index contributed by atoms with van der Waals surface area (Å²) < 4.78 is 54.6. The fourth-order valence-electron chi connectivity index (χ4n) is 1.22. The molecule has 0 unspecified atom stereocenters. The van der Waals surface area contributed by atoms with Crippen LogP contribution in [-0.2, 0) is 6.18 Å². The molecule has 2 aromatic rings. The minimum absolute atomic E-state index is 0.0227. The lowest BCUT2D eigenvalue weighted by molar-refractivity contribution is -0.142. The third kappa shape index (κ3) is 2.25. The van der Waals surface area contributed by atoms with Gasteiger partial charge >= 0.3 is 6.18 Å². The monoisotopic (exact) mass is 262 g/mol. The number of nitrogens with zero attached hydrogens (tertiary/aromatic N) is 2. The summed E-state index contributed by atoms with van der Waals surface area (Å²) >= 11 is 0. The predicted molar refractivity (Wildman–Crippen MR) is 52.5 cm³/mol. The first-order valence-corrected chi connectivity index (χ1v) is 4.58. The van der Waals surface area contributed by atoms with Crippen molar-refractivity contribution in [2.75, 3.05) is 5.43 Å². The molecule has 2 heterocycles. The molecular weight excluding hydrogens is 256 g/mol. The van der Waals surface area contributed by atoms with Gasteiger partial charge in [0, 0.05) is 17.8 Å². The second-order valence-corrected chi connectivity index (χ2v) is 3.27. The summed E-state index contributed by atoms with van der Waals surface area (Å²) in [4.78, 5) is 3.56. The molecule has 0 spiro atoms. The number of hydrogen-bond donors (Lipinski definition) is 2. The molecule has 0 aromatic carbocycles. The number of pyridine rings is 1. The third-order valence-electron chi connectivity index (χ3n) is 2.06. The normalized spacial score (nSPS) is 11.6. The largest absolute Gasteiger partial charge is 0.436 e. The second-order valence-electron chi connectivity index (χ2n) is 3.27. The highest BCUT2D eigenvalue weighted by atomic mass is 19.4. The van der Waals surface area contributed by atoms with Crippen LogP contribution in [0.2, 0.25) is 0 Å². The van der Waals surface area contributed by atoms with Gasteiger partial charge in [-0.25, -0.2) is 15.2 Å². The first-order valence-electron chi connectivity index (χ1n) is 4.58. The Kier molecular flexibility index (Phi) is 2.91. The van der Waals surface area contributed by atoms with Crippen molar-refractivity contribution in [2.24, 2.45) is 5.84 Å². The number of rotatable bonds is 2. The van der Waals surface area contributed by atoms with Crippen LogP contribution < -0.4 is 11.3 Å². The Morgan fingerprint density at radius 1 is 1.28 bits per heavy atom. The van der Waals surface area contributed by atoms with E-state index in [1.54, 1.807) is 0 Å². The fraction of sp³-hybridized carbons (Fsp3) is 0.111. The van der Waals surface area contributed by atoms with Crippen LogP contribution in [0.5, 0.6) is 0 Å². The molecule has 96 valence electrons. The number of aromatic nitrogens is 2. The Morgan fingerprint density at radius 2 is 2.00 bits per heavy atom. The van der Waals surface area contributed by atoms with Gasteiger partial charge in [0.2, 0.25) is 0 Å². The van der Waals surface area contributed by atoms with Crippen LogP contribution >= 0.6 is 0 Å². The van der Waals surface area contributed by atoms with E-state index in [9.17, 15) is 17.6 Å². The van der Waals surface area contributed by atoms with Crippen LogP contribution in [0, 0.1) is 5.82 Å². The van der Waals surface area contributed by atoms with Crippen molar-refractivity contribution in [3.8, 4) is 11.3 Å².